The van der Waals surface area contributed by atoms with E-state index in [-0.39, 0.29) is 0 Å². The first-order valence-corrected chi connectivity index (χ1v) is 6.46. The molecule has 0 aromatic heterocycles. The van der Waals surface area contributed by atoms with Crippen molar-refractivity contribution in [2.45, 2.75) is 6.42 Å². The molecule has 0 saturated carbocycles. The van der Waals surface area contributed by atoms with E-state index in [9.17, 15) is 5.26 Å². The molecule has 0 aliphatic heterocycles. The van der Waals surface area contributed by atoms with Gasteiger partial charge >= 0.3 is 0 Å². The molecular weight excluding hydrogens is 248 g/mol. The predicted octanol–water partition coefficient (Wildman–Crippen LogP) is 3.25. The van der Waals surface area contributed by atoms with Gasteiger partial charge in [-0.15, -0.1) is 0 Å². The molecule has 2 aromatic carbocycles. The quantitative estimate of drug-likeness (QED) is 0.778. The van der Waals surface area contributed by atoms with Crippen LogP contribution < -0.4 is 4.74 Å². The Morgan fingerprint density at radius 1 is 1.10 bits per heavy atom. The summed E-state index contributed by atoms with van der Waals surface area (Å²) < 4.78 is 5.10. The molecule has 0 aliphatic carbocycles. The minimum Gasteiger partial charge on any atom is -0.497 e. The molecule has 2 rings (SSSR count). The predicted molar refractivity (Wildman–Crippen MR) is 80.2 cm³/mol. The molecule has 0 bridgehead atoms. The van der Waals surface area contributed by atoms with Gasteiger partial charge < -0.3 is 4.74 Å². The number of methoxy groups -OCH3 is 1. The lowest BCUT2D eigenvalue weighted by Gasteiger charge is -2.02. The van der Waals surface area contributed by atoms with Crippen molar-refractivity contribution in [2.75, 3.05) is 13.7 Å². The van der Waals surface area contributed by atoms with Gasteiger partial charge in [0.25, 0.3) is 0 Å². The van der Waals surface area contributed by atoms with Gasteiger partial charge in [-0.3, -0.25) is 4.99 Å². The van der Waals surface area contributed by atoms with Crippen LogP contribution in [-0.2, 0) is 6.42 Å². The molecule has 0 fully saturated rings. The minimum absolute atomic E-state index is 0.462. The molecule has 0 spiro atoms. The van der Waals surface area contributed by atoms with Crippen molar-refractivity contribution in [3.05, 3.63) is 65.7 Å². The Bertz CT molecular complexity index is 610. The van der Waals surface area contributed by atoms with Crippen LogP contribution in [0.1, 0.15) is 11.1 Å². The van der Waals surface area contributed by atoms with Crippen LogP contribution in [0.3, 0.4) is 0 Å². The van der Waals surface area contributed by atoms with Crippen molar-refractivity contribution in [3.63, 3.8) is 0 Å². The summed E-state index contributed by atoms with van der Waals surface area (Å²) in [5.41, 5.74) is 2.51. The largest absolute Gasteiger partial charge is 0.497 e. The van der Waals surface area contributed by atoms with Crippen LogP contribution in [0.2, 0.25) is 0 Å². The molecule has 0 amide bonds. The first-order valence-electron chi connectivity index (χ1n) is 6.46. The highest BCUT2D eigenvalue weighted by molar-refractivity contribution is 6.11. The van der Waals surface area contributed by atoms with Crippen molar-refractivity contribution >= 4 is 5.71 Å². The third-order valence-corrected chi connectivity index (χ3v) is 2.98. The van der Waals surface area contributed by atoms with Crippen molar-refractivity contribution in [2.24, 2.45) is 4.99 Å². The van der Waals surface area contributed by atoms with E-state index in [4.69, 9.17) is 4.74 Å². The first-order chi connectivity index (χ1) is 9.83. The molecule has 20 heavy (non-hydrogen) atoms. The molecule has 0 aliphatic rings. The summed E-state index contributed by atoms with van der Waals surface area (Å²) in [6, 6.07) is 19.7. The standard InChI is InChI=1S/C17H16N2O/c1-20-16-9-7-15(8-10-16)17(13-18)19-12-11-14-5-3-2-4-6-14/h2-10H,11-12H2,1H3. The average molecular weight is 264 g/mol. The molecule has 3 nitrogen and oxygen atoms in total. The molecule has 0 radical (unpaired) electrons. The fourth-order valence-electron chi connectivity index (χ4n) is 1.88. The number of aliphatic imine (C=N–C) groups is 1. The summed E-state index contributed by atoms with van der Waals surface area (Å²) in [5.74, 6) is 0.773. The Morgan fingerprint density at radius 3 is 2.40 bits per heavy atom. The number of hydrogen-bond donors (Lipinski definition) is 0. The van der Waals surface area contributed by atoms with E-state index in [1.165, 1.54) is 5.56 Å². The highest BCUT2D eigenvalue weighted by Gasteiger charge is 2.02. The van der Waals surface area contributed by atoms with E-state index in [2.05, 4.69) is 23.2 Å². The Balaban J connectivity index is 2.04. The fourth-order valence-corrected chi connectivity index (χ4v) is 1.88. The van der Waals surface area contributed by atoms with E-state index in [0.717, 1.165) is 17.7 Å². The van der Waals surface area contributed by atoms with Crippen molar-refractivity contribution < 1.29 is 4.74 Å². The summed E-state index contributed by atoms with van der Waals surface area (Å²) >= 11 is 0. The maximum atomic E-state index is 9.19. The number of ether oxygens (including phenoxy) is 1. The zero-order chi connectivity index (χ0) is 14.2. The fraction of sp³-hybridized carbons (Fsp3) is 0.176. The molecule has 0 atom stereocenters. The van der Waals surface area contributed by atoms with Crippen LogP contribution in [0.5, 0.6) is 5.75 Å². The highest BCUT2D eigenvalue weighted by atomic mass is 16.5. The number of nitriles is 1. The third kappa shape index (κ3) is 3.69. The smallest absolute Gasteiger partial charge is 0.142 e. The lowest BCUT2D eigenvalue weighted by molar-refractivity contribution is 0.415. The molecule has 100 valence electrons. The van der Waals surface area contributed by atoms with Crippen LogP contribution in [-0.4, -0.2) is 19.4 Å². The van der Waals surface area contributed by atoms with Crippen molar-refractivity contribution in [3.8, 4) is 11.8 Å². The average Bonchev–Trinajstić information content (AvgIpc) is 2.53. The van der Waals surface area contributed by atoms with Crippen LogP contribution in [0.4, 0.5) is 0 Å². The molecule has 0 N–H and O–H groups in total. The van der Waals surface area contributed by atoms with E-state index >= 15 is 0 Å². The number of nitrogens with zero attached hydrogens (tertiary/aromatic N) is 2. The molecule has 0 heterocycles. The Kier molecular flexibility index (Phi) is 4.91. The zero-order valence-electron chi connectivity index (χ0n) is 11.4. The topological polar surface area (TPSA) is 45.4 Å². The first kappa shape index (κ1) is 13.8. The molecule has 2 aromatic rings. The van der Waals surface area contributed by atoms with Crippen LogP contribution in [0, 0.1) is 11.3 Å². The van der Waals surface area contributed by atoms with E-state index in [1.54, 1.807) is 7.11 Å². The van der Waals surface area contributed by atoms with Crippen LogP contribution in [0.25, 0.3) is 0 Å². The van der Waals surface area contributed by atoms with Gasteiger partial charge in [-0.05, 0) is 36.2 Å². The second-order valence-electron chi connectivity index (χ2n) is 4.31. The van der Waals surface area contributed by atoms with Gasteiger partial charge in [-0.2, -0.15) is 5.26 Å². The second kappa shape index (κ2) is 7.10. The Morgan fingerprint density at radius 2 is 1.80 bits per heavy atom. The highest BCUT2D eigenvalue weighted by Crippen LogP contribution is 2.12. The molecule has 3 heteroatoms. The Hall–Kier alpha value is -2.60. The van der Waals surface area contributed by atoms with E-state index in [1.807, 2.05) is 42.5 Å². The van der Waals surface area contributed by atoms with Gasteiger partial charge in [0.1, 0.15) is 17.5 Å². The molecular formula is C17H16N2O. The molecule has 0 saturated heterocycles. The third-order valence-electron chi connectivity index (χ3n) is 2.98. The number of rotatable bonds is 5. The van der Waals surface area contributed by atoms with Crippen LogP contribution in [0.15, 0.2) is 59.6 Å². The van der Waals surface area contributed by atoms with Gasteiger partial charge in [0.2, 0.25) is 0 Å². The van der Waals surface area contributed by atoms with Crippen LogP contribution >= 0.6 is 0 Å². The lowest BCUT2D eigenvalue weighted by atomic mass is 10.1. The normalized spacial score (nSPS) is 10.9. The lowest BCUT2D eigenvalue weighted by Crippen LogP contribution is -2.00. The summed E-state index contributed by atoms with van der Waals surface area (Å²) in [5, 5.41) is 9.19. The SMILES string of the molecule is COc1ccc(C(C#N)=NCCc2ccccc2)cc1. The van der Waals surface area contributed by atoms with Gasteiger partial charge in [-0.25, -0.2) is 0 Å². The second-order valence-corrected chi connectivity index (χ2v) is 4.31. The van der Waals surface area contributed by atoms with Crippen molar-refractivity contribution in [1.82, 2.24) is 0 Å². The number of benzene rings is 2. The maximum absolute atomic E-state index is 9.19. The zero-order valence-corrected chi connectivity index (χ0v) is 11.4. The van der Waals surface area contributed by atoms with Gasteiger partial charge in [0.15, 0.2) is 0 Å². The van der Waals surface area contributed by atoms with Crippen molar-refractivity contribution in [1.29, 1.82) is 5.26 Å². The minimum atomic E-state index is 0.462. The molecule has 0 unspecified atom stereocenters. The summed E-state index contributed by atoms with van der Waals surface area (Å²) in [6.07, 6.45) is 0.835. The van der Waals surface area contributed by atoms with E-state index in [0.29, 0.717) is 12.3 Å². The van der Waals surface area contributed by atoms with Gasteiger partial charge in [-0.1, -0.05) is 30.3 Å². The maximum Gasteiger partial charge on any atom is 0.142 e. The Labute approximate surface area is 119 Å². The van der Waals surface area contributed by atoms with Gasteiger partial charge in [0, 0.05) is 12.1 Å². The number of hydrogen-bond acceptors (Lipinski definition) is 3. The van der Waals surface area contributed by atoms with Gasteiger partial charge in [0.05, 0.1) is 7.11 Å². The van der Waals surface area contributed by atoms with E-state index < -0.39 is 0 Å². The summed E-state index contributed by atoms with van der Waals surface area (Å²) in [7, 11) is 1.62. The summed E-state index contributed by atoms with van der Waals surface area (Å²) in [6.45, 7) is 0.610. The monoisotopic (exact) mass is 264 g/mol. The summed E-state index contributed by atoms with van der Waals surface area (Å²) in [4.78, 5) is 4.38.